The van der Waals surface area contributed by atoms with Gasteiger partial charge in [0.25, 0.3) is 0 Å². The summed E-state index contributed by atoms with van der Waals surface area (Å²) in [5.41, 5.74) is 3.06. The van der Waals surface area contributed by atoms with E-state index in [-0.39, 0.29) is 11.4 Å². The summed E-state index contributed by atoms with van der Waals surface area (Å²) in [6.07, 6.45) is 0. The number of hydrogen-bond acceptors (Lipinski definition) is 3. The SMILES string of the molecule is O=S(=O)(NCc1ccccc1)c1cccc(CNCc2ccccc2)c1. The molecule has 5 heteroatoms. The molecule has 0 saturated carbocycles. The first-order chi connectivity index (χ1) is 12.6. The Morgan fingerprint density at radius 3 is 1.81 bits per heavy atom. The van der Waals surface area contributed by atoms with Crippen LogP contribution in [0.1, 0.15) is 16.7 Å². The maximum Gasteiger partial charge on any atom is 0.240 e. The van der Waals surface area contributed by atoms with E-state index in [0.717, 1.165) is 17.7 Å². The second-order valence-corrected chi connectivity index (χ2v) is 7.81. The lowest BCUT2D eigenvalue weighted by Crippen LogP contribution is -2.23. The summed E-state index contributed by atoms with van der Waals surface area (Å²) in [5, 5.41) is 3.34. The van der Waals surface area contributed by atoms with Crippen molar-refractivity contribution < 1.29 is 8.42 Å². The van der Waals surface area contributed by atoms with E-state index in [9.17, 15) is 8.42 Å². The Balaban J connectivity index is 1.60. The number of rotatable bonds is 8. The predicted octanol–water partition coefficient (Wildman–Crippen LogP) is 3.45. The highest BCUT2D eigenvalue weighted by Crippen LogP contribution is 2.12. The summed E-state index contributed by atoms with van der Waals surface area (Å²) in [4.78, 5) is 0.285. The molecular weight excluding hydrogens is 344 g/mol. The average molecular weight is 366 g/mol. The summed E-state index contributed by atoms with van der Waals surface area (Å²) < 4.78 is 27.7. The van der Waals surface area contributed by atoms with E-state index in [1.165, 1.54) is 5.56 Å². The van der Waals surface area contributed by atoms with Gasteiger partial charge >= 0.3 is 0 Å². The van der Waals surface area contributed by atoms with Gasteiger partial charge in [-0.2, -0.15) is 0 Å². The van der Waals surface area contributed by atoms with E-state index in [4.69, 9.17) is 0 Å². The molecule has 0 fully saturated rings. The van der Waals surface area contributed by atoms with E-state index in [1.54, 1.807) is 18.2 Å². The molecule has 2 N–H and O–H groups in total. The van der Waals surface area contributed by atoms with E-state index in [2.05, 4.69) is 22.2 Å². The second kappa shape index (κ2) is 8.76. The van der Waals surface area contributed by atoms with Crippen LogP contribution in [0.25, 0.3) is 0 Å². The van der Waals surface area contributed by atoms with Crippen LogP contribution in [-0.4, -0.2) is 8.42 Å². The van der Waals surface area contributed by atoms with Crippen molar-refractivity contribution in [1.82, 2.24) is 10.0 Å². The quantitative estimate of drug-likeness (QED) is 0.642. The van der Waals surface area contributed by atoms with Crippen molar-refractivity contribution in [2.24, 2.45) is 0 Å². The molecule has 0 amide bonds. The molecular formula is C21H22N2O2S. The van der Waals surface area contributed by atoms with Gasteiger partial charge in [-0.1, -0.05) is 72.8 Å². The standard InChI is InChI=1S/C21H22N2O2S/c24-26(25,23-17-19-10-5-2-6-11-19)21-13-7-12-20(14-21)16-22-15-18-8-3-1-4-9-18/h1-14,22-23H,15-17H2. The highest BCUT2D eigenvalue weighted by atomic mass is 32.2. The van der Waals surface area contributed by atoms with Crippen molar-refractivity contribution in [2.45, 2.75) is 24.5 Å². The number of sulfonamides is 1. The molecule has 134 valence electrons. The van der Waals surface area contributed by atoms with E-state index in [0.29, 0.717) is 6.54 Å². The highest BCUT2D eigenvalue weighted by Gasteiger charge is 2.14. The monoisotopic (exact) mass is 366 g/mol. The molecule has 0 aliphatic heterocycles. The first-order valence-corrected chi connectivity index (χ1v) is 9.99. The van der Waals surface area contributed by atoms with Gasteiger partial charge in [-0.15, -0.1) is 0 Å². The second-order valence-electron chi connectivity index (χ2n) is 6.05. The van der Waals surface area contributed by atoms with Crippen LogP contribution >= 0.6 is 0 Å². The molecule has 0 saturated heterocycles. The molecule has 0 heterocycles. The van der Waals surface area contributed by atoms with Crippen LogP contribution in [0, 0.1) is 0 Å². The average Bonchev–Trinajstić information content (AvgIpc) is 2.68. The van der Waals surface area contributed by atoms with E-state index < -0.39 is 10.0 Å². The van der Waals surface area contributed by atoms with Crippen LogP contribution in [0.15, 0.2) is 89.8 Å². The molecule has 3 aromatic rings. The lowest BCUT2D eigenvalue weighted by Gasteiger charge is -2.09. The summed E-state index contributed by atoms with van der Waals surface area (Å²) in [6.45, 7) is 1.63. The molecule has 0 aliphatic rings. The molecule has 0 spiro atoms. The highest BCUT2D eigenvalue weighted by molar-refractivity contribution is 7.89. The van der Waals surface area contributed by atoms with Gasteiger partial charge in [0.05, 0.1) is 4.90 Å². The molecule has 0 atom stereocenters. The third kappa shape index (κ3) is 5.26. The molecule has 4 nitrogen and oxygen atoms in total. The maximum absolute atomic E-state index is 12.5. The van der Waals surface area contributed by atoms with Gasteiger partial charge in [0, 0.05) is 19.6 Å². The summed E-state index contributed by atoms with van der Waals surface area (Å²) in [5.74, 6) is 0. The van der Waals surface area contributed by atoms with Crippen LogP contribution in [0.5, 0.6) is 0 Å². The Bertz CT molecular complexity index is 926. The lowest BCUT2D eigenvalue weighted by molar-refractivity contribution is 0.581. The predicted molar refractivity (Wildman–Crippen MR) is 104 cm³/mol. The molecule has 26 heavy (non-hydrogen) atoms. The third-order valence-electron chi connectivity index (χ3n) is 4.02. The topological polar surface area (TPSA) is 58.2 Å². The van der Waals surface area contributed by atoms with Gasteiger partial charge in [-0.3, -0.25) is 0 Å². The summed E-state index contributed by atoms with van der Waals surface area (Å²) in [6, 6.07) is 26.6. The number of nitrogens with one attached hydrogen (secondary N) is 2. The van der Waals surface area contributed by atoms with Crippen molar-refractivity contribution in [3.05, 3.63) is 102 Å². The lowest BCUT2D eigenvalue weighted by atomic mass is 10.2. The van der Waals surface area contributed by atoms with E-state index >= 15 is 0 Å². The molecule has 3 rings (SSSR count). The van der Waals surface area contributed by atoms with Gasteiger partial charge in [0.2, 0.25) is 10.0 Å². The van der Waals surface area contributed by atoms with Gasteiger partial charge in [0.15, 0.2) is 0 Å². The minimum Gasteiger partial charge on any atom is -0.309 e. The Morgan fingerprint density at radius 2 is 1.15 bits per heavy atom. The Labute approximate surface area is 155 Å². The van der Waals surface area contributed by atoms with Crippen LogP contribution < -0.4 is 10.0 Å². The smallest absolute Gasteiger partial charge is 0.240 e. The Morgan fingerprint density at radius 1 is 0.615 bits per heavy atom. The zero-order valence-electron chi connectivity index (χ0n) is 14.4. The zero-order chi connectivity index (χ0) is 18.2. The van der Waals surface area contributed by atoms with Crippen molar-refractivity contribution in [2.75, 3.05) is 0 Å². The molecule has 0 aliphatic carbocycles. The van der Waals surface area contributed by atoms with Crippen molar-refractivity contribution in [1.29, 1.82) is 0 Å². The fourth-order valence-corrected chi connectivity index (χ4v) is 3.71. The minimum absolute atomic E-state index is 0.277. The third-order valence-corrected chi connectivity index (χ3v) is 5.42. The van der Waals surface area contributed by atoms with Crippen LogP contribution in [0.2, 0.25) is 0 Å². The first-order valence-electron chi connectivity index (χ1n) is 8.51. The largest absolute Gasteiger partial charge is 0.309 e. The fraction of sp³-hybridized carbons (Fsp3) is 0.143. The Kier molecular flexibility index (Phi) is 6.17. The molecule has 0 radical (unpaired) electrons. The van der Waals surface area contributed by atoms with E-state index in [1.807, 2.05) is 54.6 Å². The fourth-order valence-electron chi connectivity index (χ4n) is 2.63. The van der Waals surface area contributed by atoms with Crippen LogP contribution in [0.4, 0.5) is 0 Å². The van der Waals surface area contributed by atoms with Crippen molar-refractivity contribution in [3.8, 4) is 0 Å². The molecule has 0 aromatic heterocycles. The van der Waals surface area contributed by atoms with Crippen LogP contribution in [-0.2, 0) is 29.7 Å². The van der Waals surface area contributed by atoms with Crippen molar-refractivity contribution >= 4 is 10.0 Å². The Hall–Kier alpha value is -2.47. The van der Waals surface area contributed by atoms with Gasteiger partial charge in [-0.25, -0.2) is 13.1 Å². The van der Waals surface area contributed by atoms with Gasteiger partial charge in [-0.05, 0) is 28.8 Å². The van der Waals surface area contributed by atoms with Crippen molar-refractivity contribution in [3.63, 3.8) is 0 Å². The van der Waals surface area contributed by atoms with Crippen LogP contribution in [0.3, 0.4) is 0 Å². The minimum atomic E-state index is -3.54. The van der Waals surface area contributed by atoms with Gasteiger partial charge < -0.3 is 5.32 Å². The molecule has 0 bridgehead atoms. The number of hydrogen-bond donors (Lipinski definition) is 2. The molecule has 3 aromatic carbocycles. The summed E-state index contributed by atoms with van der Waals surface area (Å²) >= 11 is 0. The first kappa shape index (κ1) is 18.3. The zero-order valence-corrected chi connectivity index (χ0v) is 15.2. The van der Waals surface area contributed by atoms with Gasteiger partial charge in [0.1, 0.15) is 0 Å². The number of benzene rings is 3. The molecule has 0 unspecified atom stereocenters. The summed E-state index contributed by atoms with van der Waals surface area (Å²) in [7, 11) is -3.54. The maximum atomic E-state index is 12.5. The normalized spacial score (nSPS) is 11.4.